The highest BCUT2D eigenvalue weighted by Crippen LogP contribution is 2.69. The lowest BCUT2D eigenvalue weighted by atomic mass is 9.46. The number of fused-ring (bicyclic) bond motifs is 10. The van der Waals surface area contributed by atoms with E-state index in [9.17, 15) is 14.7 Å². The van der Waals surface area contributed by atoms with E-state index in [0.717, 1.165) is 129 Å². The van der Waals surface area contributed by atoms with Gasteiger partial charge in [-0.2, -0.15) is 0 Å². The number of hydrogen-bond acceptors (Lipinski definition) is 6. The van der Waals surface area contributed by atoms with Crippen LogP contribution in [0, 0.1) is 105 Å². The molecule has 0 spiro atoms. The van der Waals surface area contributed by atoms with Crippen molar-refractivity contribution in [3.63, 3.8) is 0 Å². The SMILES string of the molecule is CC(C)CCC[C@@H](C)[C@@H]1CC[C@H]2[C@@H]3CC=C4C[C@H](C(=O)NCCOCCN(CCCO)CCOCCNC(=O)[C@@H]5CC[C@]6(C)C(=CC[C@@H]7[C@H]8CC[C@H]([C@@H](C)CCCC(C)C)[C@]8(C)CC[C@H]76)C5)CC[C@]4(C)[C@H]3CC[C@@]21C. The van der Waals surface area contributed by atoms with Gasteiger partial charge in [0.05, 0.1) is 26.4 Å². The molecule has 16 atom stereocenters. The van der Waals surface area contributed by atoms with Crippen LogP contribution in [0.25, 0.3) is 0 Å². The first-order valence-electron chi connectivity index (χ1n) is 32.4. The quantitative estimate of drug-likeness (QED) is 0.0560. The molecule has 0 aromatic carbocycles. The Kier molecular flexibility index (Phi) is 20.8. The molecule has 8 nitrogen and oxygen atoms in total. The van der Waals surface area contributed by atoms with Crippen molar-refractivity contribution < 1.29 is 24.2 Å². The van der Waals surface area contributed by atoms with E-state index in [4.69, 9.17) is 9.47 Å². The minimum atomic E-state index is 0.0673. The molecule has 0 bridgehead atoms. The van der Waals surface area contributed by atoms with Crippen molar-refractivity contribution in [2.75, 3.05) is 65.8 Å². The molecule has 0 aromatic rings. The number of amides is 2. The average Bonchev–Trinajstić information content (AvgIpc) is 3.94. The first-order chi connectivity index (χ1) is 35.9. The summed E-state index contributed by atoms with van der Waals surface area (Å²) >= 11 is 0. The molecule has 0 aliphatic heterocycles. The van der Waals surface area contributed by atoms with E-state index in [0.29, 0.717) is 56.8 Å². The van der Waals surface area contributed by atoms with Crippen molar-refractivity contribution in [2.24, 2.45) is 105 Å². The molecule has 8 aliphatic carbocycles. The van der Waals surface area contributed by atoms with Crippen molar-refractivity contribution in [1.82, 2.24) is 15.5 Å². The highest BCUT2D eigenvalue weighted by Gasteiger charge is 2.61. The maximum absolute atomic E-state index is 13.6. The Morgan fingerprint density at radius 3 is 1.41 bits per heavy atom. The molecule has 75 heavy (non-hydrogen) atoms. The van der Waals surface area contributed by atoms with E-state index < -0.39 is 0 Å². The van der Waals surface area contributed by atoms with Crippen LogP contribution in [0.1, 0.15) is 217 Å². The van der Waals surface area contributed by atoms with Crippen LogP contribution in [0.3, 0.4) is 0 Å². The molecule has 8 aliphatic rings. The van der Waals surface area contributed by atoms with E-state index in [1.807, 2.05) is 0 Å². The molecule has 6 fully saturated rings. The zero-order valence-corrected chi connectivity index (χ0v) is 50.1. The van der Waals surface area contributed by atoms with Crippen LogP contribution in [0.4, 0.5) is 0 Å². The van der Waals surface area contributed by atoms with Gasteiger partial charge in [0.1, 0.15) is 0 Å². The van der Waals surface area contributed by atoms with Crippen LogP contribution in [0.2, 0.25) is 0 Å². The molecule has 8 rings (SSSR count). The van der Waals surface area contributed by atoms with Gasteiger partial charge in [-0.1, -0.05) is 131 Å². The normalized spacial score (nSPS) is 37.9. The Morgan fingerprint density at radius 1 is 0.560 bits per heavy atom. The predicted molar refractivity (Wildman–Crippen MR) is 309 cm³/mol. The molecule has 3 N–H and O–H groups in total. The monoisotopic (exact) mass is 1040 g/mol. The molecule has 0 aromatic heterocycles. The van der Waals surface area contributed by atoms with Gasteiger partial charge in [0, 0.05) is 51.2 Å². The number of ether oxygens (including phenoxy) is 2. The summed E-state index contributed by atoms with van der Waals surface area (Å²) in [4.78, 5) is 29.4. The van der Waals surface area contributed by atoms with Crippen molar-refractivity contribution >= 4 is 11.8 Å². The molecule has 0 unspecified atom stereocenters. The molecular weight excluding hydrogens is 927 g/mol. The van der Waals surface area contributed by atoms with E-state index in [1.54, 1.807) is 11.1 Å². The van der Waals surface area contributed by atoms with Gasteiger partial charge in [-0.15, -0.1) is 0 Å². The summed E-state index contributed by atoms with van der Waals surface area (Å²) in [6, 6.07) is 0. The van der Waals surface area contributed by atoms with Crippen LogP contribution in [0.15, 0.2) is 23.3 Å². The molecule has 2 amide bonds. The molecule has 0 heterocycles. The maximum Gasteiger partial charge on any atom is 0.223 e. The first-order valence-corrected chi connectivity index (χ1v) is 32.4. The first kappa shape index (κ1) is 59.4. The predicted octanol–water partition coefficient (Wildman–Crippen LogP) is 14.3. The zero-order chi connectivity index (χ0) is 53.5. The Hall–Kier alpha value is -1.74. The van der Waals surface area contributed by atoms with Crippen LogP contribution in [-0.4, -0.2) is 87.6 Å². The average molecular weight is 1040 g/mol. The number of aliphatic hydroxyl groups excluding tert-OH is 1. The second-order valence-electron chi connectivity index (χ2n) is 29.2. The van der Waals surface area contributed by atoms with Gasteiger partial charge < -0.3 is 25.2 Å². The number of nitrogens with one attached hydrogen (secondary N) is 2. The van der Waals surface area contributed by atoms with E-state index in [1.165, 1.54) is 103 Å². The smallest absolute Gasteiger partial charge is 0.223 e. The fourth-order valence-electron chi connectivity index (χ4n) is 19.8. The Morgan fingerprint density at radius 2 is 1.00 bits per heavy atom. The zero-order valence-electron chi connectivity index (χ0n) is 50.1. The van der Waals surface area contributed by atoms with Crippen molar-refractivity contribution in [3.05, 3.63) is 23.3 Å². The standard InChI is InChI=1S/C67H115N3O5/c1-46(2)14-11-16-48(5)56-22-24-58-54-20-18-52-44-50(26-30-64(52,7)60(54)28-32-66(56,58)9)62(72)68-34-40-74-42-37-70(36-13-39-71)38-43-75-41-35-69-63(73)51-27-31-65(8)53(45-51)19-21-55-59-25-23-57(49(6)17-12-15-47(3)4)67(59,10)33-29-61(55)65/h18-19,46-51,54-61,71H,11-17,20-45H2,1-10H3,(H,68,72)(H,69,73)/t48-,49+,50-,51-,54+,55-,56+,57-,58+,59-,60+,61-,64+,65-,66-,67+/m1/s1. The fourth-order valence-corrected chi connectivity index (χ4v) is 19.8. The van der Waals surface area contributed by atoms with E-state index in [-0.39, 0.29) is 41.1 Å². The van der Waals surface area contributed by atoms with Gasteiger partial charge in [-0.3, -0.25) is 14.5 Å². The molecule has 428 valence electrons. The molecular formula is C67H115N3O5. The third kappa shape index (κ3) is 13.2. The van der Waals surface area contributed by atoms with Crippen LogP contribution in [-0.2, 0) is 19.1 Å². The van der Waals surface area contributed by atoms with Crippen LogP contribution < -0.4 is 10.6 Å². The Labute approximate surface area is 460 Å². The van der Waals surface area contributed by atoms with Gasteiger partial charge in [-0.25, -0.2) is 0 Å². The third-order valence-electron chi connectivity index (χ3n) is 24.2. The highest BCUT2D eigenvalue weighted by molar-refractivity contribution is 5.79. The summed E-state index contributed by atoms with van der Waals surface area (Å²) in [5, 5.41) is 16.1. The van der Waals surface area contributed by atoms with Gasteiger partial charge in [0.25, 0.3) is 0 Å². The van der Waals surface area contributed by atoms with Gasteiger partial charge in [-0.05, 0) is 202 Å². The maximum atomic E-state index is 13.6. The minimum absolute atomic E-state index is 0.0673. The lowest BCUT2D eigenvalue weighted by molar-refractivity contribution is -0.127. The number of nitrogens with zero attached hydrogens (tertiary/aromatic N) is 1. The summed E-state index contributed by atoms with van der Waals surface area (Å²) < 4.78 is 12.1. The number of carbonyl (C=O) groups is 2. The van der Waals surface area contributed by atoms with Crippen LogP contribution in [0.5, 0.6) is 0 Å². The summed E-state index contributed by atoms with van der Waals surface area (Å²) in [6.45, 7) is 30.8. The molecule has 0 radical (unpaired) electrons. The number of carbonyl (C=O) groups excluding carboxylic acids is 2. The number of allylic oxidation sites excluding steroid dienone is 4. The highest BCUT2D eigenvalue weighted by atomic mass is 16.5. The summed E-state index contributed by atoms with van der Waals surface area (Å²) in [5.74, 6) is 10.5. The van der Waals surface area contributed by atoms with Crippen molar-refractivity contribution in [1.29, 1.82) is 0 Å². The van der Waals surface area contributed by atoms with E-state index >= 15 is 0 Å². The molecule has 6 saturated carbocycles. The van der Waals surface area contributed by atoms with Crippen LogP contribution >= 0.6 is 0 Å². The van der Waals surface area contributed by atoms with Gasteiger partial charge in [0.15, 0.2) is 0 Å². The second-order valence-corrected chi connectivity index (χ2v) is 29.2. The Balaban J connectivity index is 0.691. The van der Waals surface area contributed by atoms with Gasteiger partial charge >= 0.3 is 0 Å². The van der Waals surface area contributed by atoms with E-state index in [2.05, 4.69) is 96.9 Å². The van der Waals surface area contributed by atoms with Gasteiger partial charge in [0.2, 0.25) is 11.8 Å². The van der Waals surface area contributed by atoms with Crippen molar-refractivity contribution in [3.8, 4) is 0 Å². The number of aliphatic hydroxyl groups is 1. The lowest BCUT2D eigenvalue weighted by Gasteiger charge is -2.58. The second kappa shape index (κ2) is 26.2. The topological polar surface area (TPSA) is 100 Å². The minimum Gasteiger partial charge on any atom is -0.396 e. The summed E-state index contributed by atoms with van der Waals surface area (Å²) in [7, 11) is 0. The van der Waals surface area contributed by atoms with Crippen molar-refractivity contribution in [2.45, 2.75) is 217 Å². The number of hydrogen-bond donors (Lipinski definition) is 3. The number of rotatable bonds is 27. The third-order valence-corrected chi connectivity index (χ3v) is 24.2. The molecule has 8 heteroatoms. The largest absolute Gasteiger partial charge is 0.396 e. The summed E-state index contributed by atoms with van der Waals surface area (Å²) in [5.41, 5.74) is 4.71. The summed E-state index contributed by atoms with van der Waals surface area (Å²) in [6.07, 6.45) is 34.1. The molecule has 0 saturated heterocycles. The fraction of sp³-hybridized carbons (Fsp3) is 0.910. The Bertz CT molecular complexity index is 1780. The lowest BCUT2D eigenvalue weighted by Crippen LogP contribution is -2.51.